The number of halogens is 1. The van der Waals surface area contributed by atoms with E-state index in [1.165, 1.54) is 24.3 Å². The molecule has 2 amide bonds. The highest BCUT2D eigenvalue weighted by Gasteiger charge is 2.24. The number of amides is 2. The van der Waals surface area contributed by atoms with Crippen molar-refractivity contribution in [3.8, 4) is 5.75 Å². The Balaban J connectivity index is 1.65. The van der Waals surface area contributed by atoms with Gasteiger partial charge in [0.05, 0.1) is 5.69 Å². The summed E-state index contributed by atoms with van der Waals surface area (Å²) in [4.78, 5) is 23.9. The number of nitrogens with one attached hydrogen (secondary N) is 3. The highest BCUT2D eigenvalue weighted by atomic mass is 19.1. The van der Waals surface area contributed by atoms with Crippen LogP contribution in [-0.2, 0) is 9.59 Å². The third-order valence-electron chi connectivity index (χ3n) is 3.80. The number of carbonyl (C=O) groups excluding carboxylic acids is 2. The lowest BCUT2D eigenvalue weighted by atomic mass is 10.2. The first-order valence-electron chi connectivity index (χ1n) is 7.87. The van der Waals surface area contributed by atoms with E-state index in [0.29, 0.717) is 22.8 Å². The fourth-order valence-corrected chi connectivity index (χ4v) is 2.40. The lowest BCUT2D eigenvalue weighted by molar-refractivity contribution is -0.122. The first-order valence-corrected chi connectivity index (χ1v) is 7.87. The van der Waals surface area contributed by atoms with Gasteiger partial charge in [-0.1, -0.05) is 0 Å². The van der Waals surface area contributed by atoms with Crippen molar-refractivity contribution in [2.24, 2.45) is 0 Å². The van der Waals surface area contributed by atoms with Gasteiger partial charge < -0.3 is 20.7 Å². The molecule has 0 bridgehead atoms. The van der Waals surface area contributed by atoms with Crippen molar-refractivity contribution in [3.05, 3.63) is 48.3 Å². The SMILES string of the molecule is C[C@@H]1Oc2ccc(N[C@H](C)C(=O)Nc3ccc(F)cc3)cc2NC1=O. The van der Waals surface area contributed by atoms with Crippen molar-refractivity contribution < 1.29 is 18.7 Å². The van der Waals surface area contributed by atoms with Crippen LogP contribution in [0.1, 0.15) is 13.8 Å². The predicted molar refractivity (Wildman–Crippen MR) is 93.3 cm³/mol. The second-order valence-corrected chi connectivity index (χ2v) is 5.82. The van der Waals surface area contributed by atoms with Gasteiger partial charge >= 0.3 is 0 Å². The van der Waals surface area contributed by atoms with Crippen molar-refractivity contribution in [3.63, 3.8) is 0 Å². The second-order valence-electron chi connectivity index (χ2n) is 5.82. The van der Waals surface area contributed by atoms with Crippen LogP contribution in [0.3, 0.4) is 0 Å². The summed E-state index contributed by atoms with van der Waals surface area (Å²) in [5.41, 5.74) is 1.73. The van der Waals surface area contributed by atoms with Gasteiger partial charge in [-0.05, 0) is 56.3 Å². The number of anilines is 3. The lowest BCUT2D eigenvalue weighted by Crippen LogP contribution is -2.34. The maximum absolute atomic E-state index is 12.9. The van der Waals surface area contributed by atoms with E-state index in [1.54, 1.807) is 32.0 Å². The molecule has 25 heavy (non-hydrogen) atoms. The van der Waals surface area contributed by atoms with E-state index >= 15 is 0 Å². The standard InChI is InChI=1S/C18H18FN3O3/c1-10(17(23)21-13-5-3-12(19)4-6-13)20-14-7-8-16-15(9-14)22-18(24)11(2)25-16/h3-11,20H,1-2H3,(H,21,23)(H,22,24)/t10-,11+/m1/s1. The van der Waals surface area contributed by atoms with Gasteiger partial charge in [-0.15, -0.1) is 0 Å². The number of hydrogen-bond acceptors (Lipinski definition) is 4. The van der Waals surface area contributed by atoms with Gasteiger partial charge in [0.25, 0.3) is 5.91 Å². The maximum atomic E-state index is 12.9. The van der Waals surface area contributed by atoms with Crippen molar-refractivity contribution >= 4 is 28.9 Å². The highest BCUT2D eigenvalue weighted by Crippen LogP contribution is 2.32. The van der Waals surface area contributed by atoms with Gasteiger partial charge in [0.15, 0.2) is 6.10 Å². The van der Waals surface area contributed by atoms with Crippen LogP contribution >= 0.6 is 0 Å². The molecular weight excluding hydrogens is 325 g/mol. The van der Waals surface area contributed by atoms with Gasteiger partial charge in [-0.2, -0.15) is 0 Å². The van der Waals surface area contributed by atoms with Gasteiger partial charge in [0, 0.05) is 11.4 Å². The fraction of sp³-hybridized carbons (Fsp3) is 0.222. The first-order chi connectivity index (χ1) is 11.9. The van der Waals surface area contributed by atoms with E-state index in [-0.39, 0.29) is 17.6 Å². The normalized spacial score (nSPS) is 16.9. The topological polar surface area (TPSA) is 79.5 Å². The van der Waals surface area contributed by atoms with Crippen molar-refractivity contribution in [2.75, 3.05) is 16.0 Å². The number of ether oxygens (including phenoxy) is 1. The Labute approximate surface area is 144 Å². The van der Waals surface area contributed by atoms with Crippen LogP contribution in [0.4, 0.5) is 21.5 Å². The molecule has 0 saturated carbocycles. The Morgan fingerprint density at radius 1 is 1.20 bits per heavy atom. The van der Waals surface area contributed by atoms with E-state index in [0.717, 1.165) is 0 Å². The molecule has 2 aromatic rings. The van der Waals surface area contributed by atoms with Gasteiger partial charge in [-0.25, -0.2) is 4.39 Å². The average Bonchev–Trinajstić information content (AvgIpc) is 2.58. The van der Waals surface area contributed by atoms with E-state index in [4.69, 9.17) is 4.74 Å². The summed E-state index contributed by atoms with van der Waals surface area (Å²) in [5.74, 6) is -0.261. The Kier molecular flexibility index (Phi) is 4.56. The molecule has 1 aliphatic heterocycles. The van der Waals surface area contributed by atoms with Crippen molar-refractivity contribution in [1.82, 2.24) is 0 Å². The van der Waals surface area contributed by atoms with Gasteiger partial charge in [0.1, 0.15) is 17.6 Å². The summed E-state index contributed by atoms with van der Waals surface area (Å²) < 4.78 is 18.4. The summed E-state index contributed by atoms with van der Waals surface area (Å²) in [6, 6.07) is 10.2. The van der Waals surface area contributed by atoms with Crippen LogP contribution < -0.4 is 20.7 Å². The van der Waals surface area contributed by atoms with Gasteiger partial charge in [0.2, 0.25) is 5.91 Å². The van der Waals surface area contributed by atoms with Crippen LogP contribution in [0.15, 0.2) is 42.5 Å². The largest absolute Gasteiger partial charge is 0.479 e. The van der Waals surface area contributed by atoms with Crippen LogP contribution in [0.25, 0.3) is 0 Å². The molecule has 7 heteroatoms. The zero-order valence-electron chi connectivity index (χ0n) is 13.8. The monoisotopic (exact) mass is 343 g/mol. The molecule has 6 nitrogen and oxygen atoms in total. The summed E-state index contributed by atoms with van der Waals surface area (Å²) >= 11 is 0. The van der Waals surface area contributed by atoms with Crippen LogP contribution in [0.2, 0.25) is 0 Å². The Hall–Kier alpha value is -3.09. The summed E-state index contributed by atoms with van der Waals surface area (Å²) in [5, 5.41) is 8.52. The minimum atomic E-state index is -0.540. The zero-order valence-corrected chi connectivity index (χ0v) is 13.8. The number of hydrogen-bond donors (Lipinski definition) is 3. The molecule has 1 aliphatic rings. The molecule has 0 fully saturated rings. The minimum Gasteiger partial charge on any atom is -0.479 e. The smallest absolute Gasteiger partial charge is 0.265 e. The minimum absolute atomic E-state index is 0.216. The molecule has 2 aromatic carbocycles. The lowest BCUT2D eigenvalue weighted by Gasteiger charge is -2.24. The molecule has 0 aliphatic carbocycles. The van der Waals surface area contributed by atoms with Crippen LogP contribution in [0, 0.1) is 5.82 Å². The average molecular weight is 343 g/mol. The predicted octanol–water partition coefficient (Wildman–Crippen LogP) is 2.98. The number of fused-ring (bicyclic) bond motifs is 1. The fourth-order valence-electron chi connectivity index (χ4n) is 2.40. The van der Waals surface area contributed by atoms with E-state index in [9.17, 15) is 14.0 Å². The zero-order chi connectivity index (χ0) is 18.0. The summed E-state index contributed by atoms with van der Waals surface area (Å²) in [6.45, 7) is 3.38. The highest BCUT2D eigenvalue weighted by molar-refractivity contribution is 5.99. The summed E-state index contributed by atoms with van der Waals surface area (Å²) in [7, 11) is 0. The Bertz CT molecular complexity index is 808. The molecule has 3 rings (SSSR count). The van der Waals surface area contributed by atoms with Crippen LogP contribution in [-0.4, -0.2) is 24.0 Å². The van der Waals surface area contributed by atoms with Crippen molar-refractivity contribution in [2.45, 2.75) is 26.0 Å². The third kappa shape index (κ3) is 3.88. The molecular formula is C18H18FN3O3. The maximum Gasteiger partial charge on any atom is 0.265 e. The molecule has 0 radical (unpaired) electrons. The number of carbonyl (C=O) groups is 2. The van der Waals surface area contributed by atoms with Crippen LogP contribution in [0.5, 0.6) is 5.75 Å². The molecule has 0 saturated heterocycles. The quantitative estimate of drug-likeness (QED) is 0.797. The Morgan fingerprint density at radius 2 is 1.88 bits per heavy atom. The number of benzene rings is 2. The van der Waals surface area contributed by atoms with E-state index in [2.05, 4.69) is 16.0 Å². The van der Waals surface area contributed by atoms with E-state index < -0.39 is 12.1 Å². The molecule has 1 heterocycles. The van der Waals surface area contributed by atoms with E-state index in [1.807, 2.05) is 0 Å². The van der Waals surface area contributed by atoms with Gasteiger partial charge in [-0.3, -0.25) is 9.59 Å². The molecule has 2 atom stereocenters. The van der Waals surface area contributed by atoms with Crippen molar-refractivity contribution in [1.29, 1.82) is 0 Å². The molecule has 3 N–H and O–H groups in total. The third-order valence-corrected chi connectivity index (χ3v) is 3.80. The Morgan fingerprint density at radius 3 is 2.60 bits per heavy atom. The second kappa shape index (κ2) is 6.80. The molecule has 130 valence electrons. The molecule has 0 unspecified atom stereocenters. The first kappa shape index (κ1) is 16.8. The molecule has 0 aromatic heterocycles. The number of rotatable bonds is 4. The summed E-state index contributed by atoms with van der Waals surface area (Å²) in [6.07, 6.45) is -0.535. The molecule has 0 spiro atoms.